The van der Waals surface area contributed by atoms with E-state index in [2.05, 4.69) is 10.3 Å². The Hall–Kier alpha value is -2.17. The highest BCUT2D eigenvalue weighted by Crippen LogP contribution is 2.06. The van der Waals surface area contributed by atoms with Gasteiger partial charge in [0.05, 0.1) is 17.4 Å². The molecule has 94 valence electrons. The van der Waals surface area contributed by atoms with Crippen LogP contribution in [0.1, 0.15) is 19.2 Å². The number of fused-ring (bicyclic) bond motifs is 1. The summed E-state index contributed by atoms with van der Waals surface area (Å²) in [4.78, 5) is 27.7. The third-order valence-corrected chi connectivity index (χ3v) is 2.84. The monoisotopic (exact) mass is 245 g/mol. The molecule has 0 unspecified atom stereocenters. The van der Waals surface area contributed by atoms with Crippen LogP contribution in [0.25, 0.3) is 10.9 Å². The summed E-state index contributed by atoms with van der Waals surface area (Å²) in [6.07, 6.45) is 0.418. The van der Waals surface area contributed by atoms with Gasteiger partial charge >= 0.3 is 0 Å². The van der Waals surface area contributed by atoms with Gasteiger partial charge in [0.15, 0.2) is 0 Å². The van der Waals surface area contributed by atoms with Gasteiger partial charge in [-0.15, -0.1) is 0 Å². The summed E-state index contributed by atoms with van der Waals surface area (Å²) in [5.74, 6) is 0.498. The number of para-hydroxylation sites is 1. The quantitative estimate of drug-likeness (QED) is 0.876. The number of nitrogens with zero attached hydrogens (tertiary/aromatic N) is 2. The highest BCUT2D eigenvalue weighted by molar-refractivity contribution is 5.77. The van der Waals surface area contributed by atoms with Crippen LogP contribution in [0.5, 0.6) is 0 Å². The Morgan fingerprint density at radius 2 is 2.11 bits per heavy atom. The average Bonchev–Trinajstić information content (AvgIpc) is 2.41. The van der Waals surface area contributed by atoms with Gasteiger partial charge in [0.1, 0.15) is 5.82 Å². The Bertz CT molecular complexity index is 646. The molecule has 0 saturated heterocycles. The molecule has 2 rings (SSSR count). The van der Waals surface area contributed by atoms with Gasteiger partial charge < -0.3 is 5.32 Å². The predicted octanol–water partition coefficient (Wildman–Crippen LogP) is 0.960. The number of aromatic nitrogens is 2. The summed E-state index contributed by atoms with van der Waals surface area (Å²) in [5, 5.41) is 3.31. The fourth-order valence-electron chi connectivity index (χ4n) is 1.72. The maximum absolute atomic E-state index is 12.1. The van der Waals surface area contributed by atoms with Crippen LogP contribution < -0.4 is 10.9 Å². The predicted molar refractivity (Wildman–Crippen MR) is 69.1 cm³/mol. The van der Waals surface area contributed by atoms with Crippen molar-refractivity contribution in [3.05, 3.63) is 40.4 Å². The van der Waals surface area contributed by atoms with Crippen molar-refractivity contribution < 1.29 is 4.79 Å². The SMILES string of the molecule is CCC(=O)NCc1nc2ccccc2c(=O)n1C. The first-order valence-corrected chi connectivity index (χ1v) is 5.85. The van der Waals surface area contributed by atoms with Crippen LogP contribution in [0.15, 0.2) is 29.1 Å². The number of nitrogens with one attached hydrogen (secondary N) is 1. The Balaban J connectivity index is 2.43. The van der Waals surface area contributed by atoms with Gasteiger partial charge in [-0.2, -0.15) is 0 Å². The molecule has 1 aromatic carbocycles. The smallest absolute Gasteiger partial charge is 0.261 e. The summed E-state index contributed by atoms with van der Waals surface area (Å²) in [5.41, 5.74) is 0.558. The van der Waals surface area contributed by atoms with Crippen LogP contribution in [0.3, 0.4) is 0 Å². The lowest BCUT2D eigenvalue weighted by Crippen LogP contribution is -2.29. The van der Waals surface area contributed by atoms with Crippen molar-refractivity contribution in [2.24, 2.45) is 7.05 Å². The first-order valence-electron chi connectivity index (χ1n) is 5.85. The highest BCUT2D eigenvalue weighted by atomic mass is 16.1. The summed E-state index contributed by atoms with van der Waals surface area (Å²) in [7, 11) is 1.66. The van der Waals surface area contributed by atoms with E-state index in [9.17, 15) is 9.59 Å². The molecule has 18 heavy (non-hydrogen) atoms. The third-order valence-electron chi connectivity index (χ3n) is 2.84. The van der Waals surface area contributed by atoms with Crippen LogP contribution in [-0.4, -0.2) is 15.5 Å². The lowest BCUT2D eigenvalue weighted by atomic mass is 10.2. The van der Waals surface area contributed by atoms with Gasteiger partial charge in [0.2, 0.25) is 5.91 Å². The van der Waals surface area contributed by atoms with Gasteiger partial charge in [-0.3, -0.25) is 14.2 Å². The lowest BCUT2D eigenvalue weighted by Gasteiger charge is -2.09. The van der Waals surface area contributed by atoms with Crippen molar-refractivity contribution in [3.63, 3.8) is 0 Å². The van der Waals surface area contributed by atoms with Crippen LogP contribution in [0, 0.1) is 0 Å². The summed E-state index contributed by atoms with van der Waals surface area (Å²) < 4.78 is 1.47. The summed E-state index contributed by atoms with van der Waals surface area (Å²) >= 11 is 0. The Kier molecular flexibility index (Phi) is 3.41. The zero-order valence-electron chi connectivity index (χ0n) is 10.4. The molecule has 1 heterocycles. The minimum absolute atomic E-state index is 0.0580. The van der Waals surface area contributed by atoms with Crippen LogP contribution in [0.4, 0.5) is 0 Å². The maximum Gasteiger partial charge on any atom is 0.261 e. The van der Waals surface area contributed by atoms with E-state index >= 15 is 0 Å². The number of hydrogen-bond donors (Lipinski definition) is 1. The Morgan fingerprint density at radius 1 is 1.39 bits per heavy atom. The van der Waals surface area contributed by atoms with E-state index in [0.29, 0.717) is 23.1 Å². The second-order valence-corrected chi connectivity index (χ2v) is 4.04. The van der Waals surface area contributed by atoms with Gasteiger partial charge in [-0.05, 0) is 12.1 Å². The molecule has 0 spiro atoms. The van der Waals surface area contributed by atoms with Crippen molar-refractivity contribution in [1.82, 2.24) is 14.9 Å². The van der Waals surface area contributed by atoms with E-state index in [1.807, 2.05) is 12.1 Å². The van der Waals surface area contributed by atoms with Crippen molar-refractivity contribution >= 4 is 16.8 Å². The zero-order valence-corrected chi connectivity index (χ0v) is 10.4. The van der Waals surface area contributed by atoms with Crippen molar-refractivity contribution in [2.75, 3.05) is 0 Å². The first-order chi connectivity index (χ1) is 8.63. The maximum atomic E-state index is 12.1. The molecule has 0 saturated carbocycles. The fourth-order valence-corrected chi connectivity index (χ4v) is 1.72. The van der Waals surface area contributed by atoms with Gasteiger partial charge in [0, 0.05) is 13.5 Å². The molecule has 0 aliphatic heterocycles. The average molecular weight is 245 g/mol. The molecule has 1 aromatic heterocycles. The molecule has 5 heteroatoms. The first kappa shape index (κ1) is 12.3. The number of carbonyl (C=O) groups is 1. The molecule has 0 aliphatic carbocycles. The number of carbonyl (C=O) groups excluding carboxylic acids is 1. The van der Waals surface area contributed by atoms with Gasteiger partial charge in [-0.25, -0.2) is 4.98 Å². The number of rotatable bonds is 3. The third kappa shape index (κ3) is 2.25. The standard InChI is InChI=1S/C13H15N3O2/c1-3-12(17)14-8-11-15-10-7-5-4-6-9(10)13(18)16(11)2/h4-7H,3,8H2,1-2H3,(H,14,17). The topological polar surface area (TPSA) is 64.0 Å². The summed E-state index contributed by atoms with van der Waals surface area (Å²) in [6.45, 7) is 2.05. The lowest BCUT2D eigenvalue weighted by molar-refractivity contribution is -0.120. The molecular weight excluding hydrogens is 230 g/mol. The van der Waals surface area contributed by atoms with Crippen molar-refractivity contribution in [1.29, 1.82) is 0 Å². The molecular formula is C13H15N3O2. The number of amides is 1. The van der Waals surface area contributed by atoms with E-state index in [1.165, 1.54) is 4.57 Å². The van der Waals surface area contributed by atoms with E-state index in [0.717, 1.165) is 0 Å². The summed E-state index contributed by atoms with van der Waals surface area (Å²) in [6, 6.07) is 7.19. The molecule has 1 amide bonds. The fraction of sp³-hybridized carbons (Fsp3) is 0.308. The van der Waals surface area contributed by atoms with E-state index in [1.54, 1.807) is 26.1 Å². The minimum Gasteiger partial charge on any atom is -0.349 e. The highest BCUT2D eigenvalue weighted by Gasteiger charge is 2.08. The molecule has 0 fully saturated rings. The van der Waals surface area contributed by atoms with Gasteiger partial charge in [-0.1, -0.05) is 19.1 Å². The molecule has 0 bridgehead atoms. The molecule has 0 atom stereocenters. The minimum atomic E-state index is -0.0960. The molecule has 0 radical (unpaired) electrons. The van der Waals surface area contributed by atoms with E-state index in [-0.39, 0.29) is 18.0 Å². The van der Waals surface area contributed by atoms with E-state index < -0.39 is 0 Å². The zero-order chi connectivity index (χ0) is 13.1. The van der Waals surface area contributed by atoms with Crippen LogP contribution in [-0.2, 0) is 18.4 Å². The second kappa shape index (κ2) is 5.00. The molecule has 2 aromatic rings. The number of benzene rings is 1. The van der Waals surface area contributed by atoms with E-state index in [4.69, 9.17) is 0 Å². The van der Waals surface area contributed by atoms with Crippen molar-refractivity contribution in [3.8, 4) is 0 Å². The Labute approximate surface area is 104 Å². The molecule has 1 N–H and O–H groups in total. The van der Waals surface area contributed by atoms with Gasteiger partial charge in [0.25, 0.3) is 5.56 Å². The Morgan fingerprint density at radius 3 is 2.83 bits per heavy atom. The number of hydrogen-bond acceptors (Lipinski definition) is 3. The molecule has 5 nitrogen and oxygen atoms in total. The largest absolute Gasteiger partial charge is 0.349 e. The normalized spacial score (nSPS) is 10.6. The second-order valence-electron chi connectivity index (χ2n) is 4.04. The van der Waals surface area contributed by atoms with Crippen molar-refractivity contribution in [2.45, 2.75) is 19.9 Å². The molecule has 0 aliphatic rings. The van der Waals surface area contributed by atoms with Crippen LogP contribution >= 0.6 is 0 Å². The van der Waals surface area contributed by atoms with Crippen LogP contribution in [0.2, 0.25) is 0 Å².